The quantitative estimate of drug-likeness (QED) is 0.651. The zero-order valence-corrected chi connectivity index (χ0v) is 12.8. The minimum Gasteiger partial charge on any atom is -0.303 e. The number of benzene rings is 2. The predicted octanol–water partition coefficient (Wildman–Crippen LogP) is 3.37. The molecular weight excluding hydrogens is 275 g/mol. The van der Waals surface area contributed by atoms with Crippen molar-refractivity contribution in [2.45, 2.75) is 20.8 Å². The maximum absolute atomic E-state index is 8.88. The van der Waals surface area contributed by atoms with Crippen molar-refractivity contribution in [2.24, 2.45) is 0 Å². The van der Waals surface area contributed by atoms with Crippen LogP contribution in [0.15, 0.2) is 54.6 Å². The summed E-state index contributed by atoms with van der Waals surface area (Å²) < 4.78 is 8.88. The Morgan fingerprint density at radius 2 is 1.00 bits per heavy atom. The maximum Gasteiger partial charge on any atom is 0.466 e. The molecule has 110 valence electrons. The van der Waals surface area contributed by atoms with Gasteiger partial charge in [0.2, 0.25) is 0 Å². The molecule has 2 rings (SSSR count). The standard InChI is InChI=1S/C8H10.C7H8.H3O4P/c1-7-5-3-4-6-8(7)2;1-7-5-3-2-4-6-7;1-5(2,3)4/h3-6H,1-2H3;2-6H,1H3;(H3,1,2,3,4). The Balaban J connectivity index is 0.000000280. The molecule has 0 aliphatic rings. The van der Waals surface area contributed by atoms with E-state index in [0.29, 0.717) is 0 Å². The number of rotatable bonds is 0. The van der Waals surface area contributed by atoms with E-state index in [1.807, 2.05) is 18.2 Å². The Kier molecular flexibility index (Phi) is 8.77. The lowest BCUT2D eigenvalue weighted by Crippen LogP contribution is -1.74. The summed E-state index contributed by atoms with van der Waals surface area (Å²) in [7, 11) is -4.64. The van der Waals surface area contributed by atoms with Gasteiger partial charge in [0.25, 0.3) is 0 Å². The fourth-order valence-corrected chi connectivity index (χ4v) is 1.20. The first-order valence-corrected chi connectivity index (χ1v) is 7.59. The van der Waals surface area contributed by atoms with Gasteiger partial charge in [-0.3, -0.25) is 0 Å². The SMILES string of the molecule is Cc1ccccc1.Cc1ccccc1C.O=P(O)(O)O. The average Bonchev–Trinajstić information content (AvgIpc) is 2.33. The molecule has 0 aliphatic heterocycles. The van der Waals surface area contributed by atoms with E-state index in [1.54, 1.807) is 0 Å². The zero-order valence-electron chi connectivity index (χ0n) is 11.9. The fraction of sp³-hybridized carbons (Fsp3) is 0.200. The summed E-state index contributed by atoms with van der Waals surface area (Å²) in [5, 5.41) is 0. The summed E-state index contributed by atoms with van der Waals surface area (Å²) in [6, 6.07) is 18.6. The molecule has 0 saturated carbocycles. The van der Waals surface area contributed by atoms with Crippen molar-refractivity contribution >= 4 is 7.82 Å². The highest BCUT2D eigenvalue weighted by Gasteiger charge is 2.00. The first kappa shape index (κ1) is 18.6. The van der Waals surface area contributed by atoms with E-state index in [9.17, 15) is 0 Å². The van der Waals surface area contributed by atoms with Crippen molar-refractivity contribution in [1.82, 2.24) is 0 Å². The van der Waals surface area contributed by atoms with Gasteiger partial charge in [-0.25, -0.2) is 4.57 Å². The minimum atomic E-state index is -4.64. The van der Waals surface area contributed by atoms with Crippen LogP contribution < -0.4 is 0 Å². The number of aryl methyl sites for hydroxylation is 3. The van der Waals surface area contributed by atoms with Gasteiger partial charge in [-0.1, -0.05) is 60.2 Å². The van der Waals surface area contributed by atoms with Gasteiger partial charge in [0.1, 0.15) is 0 Å². The molecule has 2 aromatic rings. The summed E-state index contributed by atoms with van der Waals surface area (Å²) in [5.41, 5.74) is 4.06. The smallest absolute Gasteiger partial charge is 0.303 e. The van der Waals surface area contributed by atoms with Gasteiger partial charge in [-0.05, 0) is 31.9 Å². The molecule has 0 amide bonds. The lowest BCUT2D eigenvalue weighted by Gasteiger charge is -1.93. The molecule has 0 saturated heterocycles. The Bertz CT molecular complexity index is 505. The molecule has 5 heteroatoms. The van der Waals surface area contributed by atoms with E-state index in [0.717, 1.165) is 0 Å². The van der Waals surface area contributed by atoms with Crippen molar-refractivity contribution < 1.29 is 19.2 Å². The molecule has 20 heavy (non-hydrogen) atoms. The van der Waals surface area contributed by atoms with E-state index in [2.05, 4.69) is 57.2 Å². The first-order chi connectivity index (χ1) is 9.20. The Labute approximate surface area is 120 Å². The molecule has 0 aromatic heterocycles. The summed E-state index contributed by atoms with van der Waals surface area (Å²) in [4.78, 5) is 21.6. The van der Waals surface area contributed by atoms with Crippen LogP contribution in [0.3, 0.4) is 0 Å². The van der Waals surface area contributed by atoms with Crippen LogP contribution in [0.5, 0.6) is 0 Å². The van der Waals surface area contributed by atoms with Crippen LogP contribution in [0.25, 0.3) is 0 Å². The third-order valence-corrected chi connectivity index (χ3v) is 2.37. The Morgan fingerprint density at radius 3 is 1.20 bits per heavy atom. The van der Waals surface area contributed by atoms with Crippen LogP contribution in [-0.4, -0.2) is 14.7 Å². The fourth-order valence-electron chi connectivity index (χ4n) is 1.20. The molecule has 0 radical (unpaired) electrons. The largest absolute Gasteiger partial charge is 0.466 e. The summed E-state index contributed by atoms with van der Waals surface area (Å²) in [5.74, 6) is 0. The Morgan fingerprint density at radius 1 is 0.700 bits per heavy atom. The molecule has 2 aromatic carbocycles. The van der Waals surface area contributed by atoms with Crippen LogP contribution >= 0.6 is 7.82 Å². The topological polar surface area (TPSA) is 77.8 Å². The monoisotopic (exact) mass is 296 g/mol. The summed E-state index contributed by atoms with van der Waals surface area (Å²) >= 11 is 0. The molecule has 0 atom stereocenters. The van der Waals surface area contributed by atoms with Gasteiger partial charge in [0.15, 0.2) is 0 Å². The van der Waals surface area contributed by atoms with Crippen LogP contribution in [0, 0.1) is 20.8 Å². The van der Waals surface area contributed by atoms with Gasteiger partial charge in [0.05, 0.1) is 0 Å². The molecule has 0 aliphatic carbocycles. The van der Waals surface area contributed by atoms with E-state index < -0.39 is 7.82 Å². The van der Waals surface area contributed by atoms with E-state index in [-0.39, 0.29) is 0 Å². The van der Waals surface area contributed by atoms with Crippen molar-refractivity contribution in [3.05, 3.63) is 71.3 Å². The van der Waals surface area contributed by atoms with E-state index >= 15 is 0 Å². The van der Waals surface area contributed by atoms with Crippen LogP contribution in [0.1, 0.15) is 16.7 Å². The lowest BCUT2D eigenvalue weighted by molar-refractivity contribution is 0.275. The van der Waals surface area contributed by atoms with Crippen molar-refractivity contribution in [3.8, 4) is 0 Å². The summed E-state index contributed by atoms with van der Waals surface area (Å²) in [6.45, 7) is 6.32. The average molecular weight is 296 g/mol. The summed E-state index contributed by atoms with van der Waals surface area (Å²) in [6.07, 6.45) is 0. The van der Waals surface area contributed by atoms with E-state index in [1.165, 1.54) is 16.7 Å². The first-order valence-electron chi connectivity index (χ1n) is 6.02. The van der Waals surface area contributed by atoms with Crippen LogP contribution in [0.4, 0.5) is 0 Å². The van der Waals surface area contributed by atoms with Gasteiger partial charge in [0, 0.05) is 0 Å². The number of hydrogen-bond donors (Lipinski definition) is 3. The van der Waals surface area contributed by atoms with Gasteiger partial charge in [-0.15, -0.1) is 0 Å². The third kappa shape index (κ3) is 13.0. The van der Waals surface area contributed by atoms with Crippen molar-refractivity contribution in [3.63, 3.8) is 0 Å². The van der Waals surface area contributed by atoms with Gasteiger partial charge < -0.3 is 14.7 Å². The number of hydrogen-bond acceptors (Lipinski definition) is 1. The minimum absolute atomic E-state index is 1.32. The second-order valence-electron chi connectivity index (χ2n) is 4.25. The zero-order chi connectivity index (χ0) is 15.6. The molecule has 0 fully saturated rings. The molecular formula is C15H21O4P. The highest BCUT2D eigenvalue weighted by atomic mass is 31.2. The molecule has 0 unspecified atom stereocenters. The van der Waals surface area contributed by atoms with Crippen molar-refractivity contribution in [2.75, 3.05) is 0 Å². The van der Waals surface area contributed by atoms with Crippen LogP contribution in [0.2, 0.25) is 0 Å². The molecule has 0 bridgehead atoms. The molecule has 0 heterocycles. The second-order valence-corrected chi connectivity index (χ2v) is 5.28. The van der Waals surface area contributed by atoms with Crippen LogP contribution in [-0.2, 0) is 4.57 Å². The molecule has 0 spiro atoms. The Hall–Kier alpha value is -1.45. The third-order valence-electron chi connectivity index (χ3n) is 2.37. The lowest BCUT2D eigenvalue weighted by atomic mass is 10.1. The predicted molar refractivity (Wildman–Crippen MR) is 81.4 cm³/mol. The normalized spacial score (nSPS) is 9.70. The second kappa shape index (κ2) is 9.45. The molecule has 3 N–H and O–H groups in total. The van der Waals surface area contributed by atoms with Crippen molar-refractivity contribution in [1.29, 1.82) is 0 Å². The maximum atomic E-state index is 8.88. The van der Waals surface area contributed by atoms with Gasteiger partial charge >= 0.3 is 7.82 Å². The number of phosphoric acid groups is 1. The molecule has 4 nitrogen and oxygen atoms in total. The van der Waals surface area contributed by atoms with E-state index in [4.69, 9.17) is 19.2 Å². The highest BCUT2D eigenvalue weighted by Crippen LogP contribution is 2.25. The van der Waals surface area contributed by atoms with Gasteiger partial charge in [-0.2, -0.15) is 0 Å². The highest BCUT2D eigenvalue weighted by molar-refractivity contribution is 7.45.